The predicted octanol–water partition coefficient (Wildman–Crippen LogP) is 2.16. The van der Waals surface area contributed by atoms with E-state index in [2.05, 4.69) is 4.98 Å². The monoisotopic (exact) mass is 445 g/mol. The van der Waals surface area contributed by atoms with Crippen LogP contribution >= 0.6 is 11.3 Å². The number of nitrogens with zero attached hydrogens (tertiary/aromatic N) is 3. The highest BCUT2D eigenvalue weighted by molar-refractivity contribution is 7.91. The minimum absolute atomic E-state index is 0.0184. The number of alkyl halides is 2. The van der Waals surface area contributed by atoms with E-state index in [-0.39, 0.29) is 43.3 Å². The summed E-state index contributed by atoms with van der Waals surface area (Å²) in [4.78, 5) is 20.7. The Morgan fingerprint density at radius 1 is 1.28 bits per heavy atom. The smallest absolute Gasteiger partial charge is 0.253 e. The third-order valence-corrected chi connectivity index (χ3v) is 7.40. The van der Waals surface area contributed by atoms with Crippen molar-refractivity contribution >= 4 is 42.4 Å². The summed E-state index contributed by atoms with van der Waals surface area (Å²) >= 11 is 1.35. The maximum absolute atomic E-state index is 13.4. The Hall–Kier alpha value is -1.85. The van der Waals surface area contributed by atoms with Crippen LogP contribution in [0.5, 0.6) is 0 Å². The maximum Gasteiger partial charge on any atom is 0.253 e. The van der Waals surface area contributed by atoms with Gasteiger partial charge in [0, 0.05) is 38.7 Å². The first-order valence-corrected chi connectivity index (χ1v) is 12.0. The number of sulfone groups is 1. The molecule has 0 saturated carbocycles. The Balaban J connectivity index is 1.52. The largest absolute Gasteiger partial charge is 0.365 e. The molecule has 1 amide bonds. The molecule has 11 heteroatoms. The van der Waals surface area contributed by atoms with Gasteiger partial charge in [-0.3, -0.25) is 4.79 Å². The van der Waals surface area contributed by atoms with Crippen molar-refractivity contribution in [1.29, 1.82) is 0 Å². The van der Waals surface area contributed by atoms with Gasteiger partial charge in [0.1, 0.15) is 5.52 Å². The second-order valence-electron chi connectivity index (χ2n) is 7.36. The topological polar surface area (TPSA) is 79.8 Å². The molecule has 2 aliphatic rings. The van der Waals surface area contributed by atoms with Gasteiger partial charge in [-0.15, -0.1) is 0 Å². The number of likely N-dealkylation sites (tertiary alicyclic amines) is 1. The van der Waals surface area contributed by atoms with E-state index in [1.54, 1.807) is 6.07 Å². The number of morpholine rings is 1. The first kappa shape index (κ1) is 20.4. The van der Waals surface area contributed by atoms with Gasteiger partial charge >= 0.3 is 0 Å². The number of aromatic nitrogens is 1. The lowest BCUT2D eigenvalue weighted by atomic mass is 10.1. The Morgan fingerprint density at radius 2 is 2.00 bits per heavy atom. The van der Waals surface area contributed by atoms with Crippen LogP contribution in [-0.4, -0.2) is 75.3 Å². The van der Waals surface area contributed by atoms with E-state index in [0.29, 0.717) is 23.8 Å². The average molecular weight is 446 g/mol. The van der Waals surface area contributed by atoms with Gasteiger partial charge in [0.05, 0.1) is 22.7 Å². The molecule has 0 aliphatic carbocycles. The summed E-state index contributed by atoms with van der Waals surface area (Å²) in [5.74, 6) is -3.00. The van der Waals surface area contributed by atoms with Crippen molar-refractivity contribution in [2.24, 2.45) is 0 Å². The SMILES string of the molecule is CS(=O)(=O)c1cccc2sc(N3CCOC(C(=O)N4CCC(F)(F)CC4)C3)nc12. The van der Waals surface area contributed by atoms with Gasteiger partial charge in [0.2, 0.25) is 0 Å². The van der Waals surface area contributed by atoms with Crippen molar-refractivity contribution in [1.82, 2.24) is 9.88 Å². The number of ether oxygens (including phenoxy) is 1. The first-order chi connectivity index (χ1) is 13.6. The highest BCUT2D eigenvalue weighted by Gasteiger charge is 2.39. The molecule has 1 aromatic heterocycles. The molecule has 7 nitrogen and oxygen atoms in total. The fourth-order valence-electron chi connectivity index (χ4n) is 3.58. The van der Waals surface area contributed by atoms with Crippen molar-refractivity contribution in [3.05, 3.63) is 18.2 Å². The molecule has 2 fully saturated rings. The Bertz CT molecular complexity index is 1030. The minimum Gasteiger partial charge on any atom is -0.365 e. The van der Waals surface area contributed by atoms with Crippen LogP contribution in [0.1, 0.15) is 12.8 Å². The van der Waals surface area contributed by atoms with Crippen molar-refractivity contribution < 1.29 is 26.7 Å². The van der Waals surface area contributed by atoms with Crippen LogP contribution in [0.4, 0.5) is 13.9 Å². The van der Waals surface area contributed by atoms with Gasteiger partial charge in [-0.2, -0.15) is 0 Å². The highest BCUT2D eigenvalue weighted by atomic mass is 32.2. The number of amides is 1. The zero-order chi connectivity index (χ0) is 20.8. The summed E-state index contributed by atoms with van der Waals surface area (Å²) in [5, 5.41) is 0.613. The van der Waals surface area contributed by atoms with E-state index < -0.39 is 21.9 Å². The second-order valence-corrected chi connectivity index (χ2v) is 10.4. The van der Waals surface area contributed by atoms with Crippen LogP contribution in [0, 0.1) is 0 Å². The van der Waals surface area contributed by atoms with Gasteiger partial charge in [0.25, 0.3) is 11.8 Å². The number of thiazole rings is 1. The zero-order valence-corrected chi connectivity index (χ0v) is 17.4. The van der Waals surface area contributed by atoms with E-state index in [1.165, 1.54) is 22.3 Å². The number of hydrogen-bond donors (Lipinski definition) is 0. The molecule has 0 bridgehead atoms. The lowest BCUT2D eigenvalue weighted by Gasteiger charge is -2.37. The molecular weight excluding hydrogens is 424 g/mol. The van der Waals surface area contributed by atoms with Crippen LogP contribution < -0.4 is 4.90 Å². The number of carbonyl (C=O) groups is 1. The number of para-hydroxylation sites is 1. The molecule has 0 N–H and O–H groups in total. The highest BCUT2D eigenvalue weighted by Crippen LogP contribution is 2.34. The minimum atomic E-state index is -3.42. The predicted molar refractivity (Wildman–Crippen MR) is 105 cm³/mol. The number of rotatable bonds is 3. The third kappa shape index (κ3) is 4.22. The molecular formula is C18H21F2N3O4S2. The zero-order valence-electron chi connectivity index (χ0n) is 15.8. The summed E-state index contributed by atoms with van der Waals surface area (Å²) in [6.45, 7) is 1.10. The molecule has 158 valence electrons. The quantitative estimate of drug-likeness (QED) is 0.721. The van der Waals surface area contributed by atoms with Crippen LogP contribution in [0.3, 0.4) is 0 Å². The second kappa shape index (κ2) is 7.44. The van der Waals surface area contributed by atoms with Crippen molar-refractivity contribution in [3.8, 4) is 0 Å². The summed E-state index contributed by atoms with van der Waals surface area (Å²) in [6, 6.07) is 5.01. The van der Waals surface area contributed by atoms with E-state index in [9.17, 15) is 22.0 Å². The lowest BCUT2D eigenvalue weighted by Crippen LogP contribution is -2.53. The lowest BCUT2D eigenvalue weighted by molar-refractivity contribution is -0.150. The van der Waals surface area contributed by atoms with Crippen LogP contribution in [0.15, 0.2) is 23.1 Å². The number of piperidine rings is 1. The number of fused-ring (bicyclic) bond motifs is 1. The van der Waals surface area contributed by atoms with Gasteiger partial charge in [-0.25, -0.2) is 22.2 Å². The van der Waals surface area contributed by atoms with Crippen molar-refractivity contribution in [2.75, 3.05) is 43.9 Å². The molecule has 2 saturated heterocycles. The summed E-state index contributed by atoms with van der Waals surface area (Å²) < 4.78 is 57.1. The molecule has 0 spiro atoms. The fourth-order valence-corrected chi connectivity index (χ4v) is 5.50. The molecule has 4 rings (SSSR count). The van der Waals surface area contributed by atoms with Crippen LogP contribution in [0.25, 0.3) is 10.2 Å². The standard InChI is InChI=1S/C18H21F2N3O4S2/c1-29(25,26)14-4-2-3-13-15(14)21-17(28-13)23-9-10-27-12(11-23)16(24)22-7-5-18(19,20)6-8-22/h2-4,12H,5-11H2,1H3. The average Bonchev–Trinajstić information content (AvgIpc) is 3.11. The summed E-state index contributed by atoms with van der Waals surface area (Å²) in [7, 11) is -3.42. The number of anilines is 1. The molecule has 1 unspecified atom stereocenters. The molecule has 1 aromatic carbocycles. The number of hydrogen-bond acceptors (Lipinski definition) is 7. The fraction of sp³-hybridized carbons (Fsp3) is 0.556. The van der Waals surface area contributed by atoms with Crippen LogP contribution in [0.2, 0.25) is 0 Å². The Labute approximate surface area is 171 Å². The van der Waals surface area contributed by atoms with Gasteiger partial charge in [-0.1, -0.05) is 17.4 Å². The van der Waals surface area contributed by atoms with E-state index in [1.807, 2.05) is 11.0 Å². The molecule has 2 aliphatic heterocycles. The van der Waals surface area contributed by atoms with E-state index in [4.69, 9.17) is 4.74 Å². The van der Waals surface area contributed by atoms with E-state index >= 15 is 0 Å². The maximum atomic E-state index is 13.4. The molecule has 1 atom stereocenters. The summed E-state index contributed by atoms with van der Waals surface area (Å²) in [5.41, 5.74) is 0.419. The van der Waals surface area contributed by atoms with Crippen molar-refractivity contribution in [3.63, 3.8) is 0 Å². The molecule has 3 heterocycles. The first-order valence-electron chi connectivity index (χ1n) is 9.27. The summed E-state index contributed by atoms with van der Waals surface area (Å²) in [6.07, 6.45) is -0.272. The molecule has 2 aromatic rings. The van der Waals surface area contributed by atoms with Crippen molar-refractivity contribution in [2.45, 2.75) is 29.8 Å². The van der Waals surface area contributed by atoms with Gasteiger partial charge in [-0.05, 0) is 12.1 Å². The normalized spacial score (nSPS) is 22.8. The van der Waals surface area contributed by atoms with Crippen LogP contribution in [-0.2, 0) is 19.4 Å². The third-order valence-electron chi connectivity index (χ3n) is 5.19. The van der Waals surface area contributed by atoms with Gasteiger partial charge < -0.3 is 14.5 Å². The number of carbonyl (C=O) groups excluding carboxylic acids is 1. The van der Waals surface area contributed by atoms with E-state index in [0.717, 1.165) is 11.0 Å². The van der Waals surface area contributed by atoms with Gasteiger partial charge in [0.15, 0.2) is 21.1 Å². The number of halogens is 2. The number of benzene rings is 1. The Kier molecular flexibility index (Phi) is 5.24. The Morgan fingerprint density at radius 3 is 2.69 bits per heavy atom. The molecule has 0 radical (unpaired) electrons. The molecule has 29 heavy (non-hydrogen) atoms.